The maximum atomic E-state index is 10.3. The minimum Gasteiger partial charge on any atom is -0.493 e. The first kappa shape index (κ1) is 10.3. The molecule has 0 radical (unpaired) electrons. The normalized spacial score (nSPS) is 9.36. The van der Waals surface area contributed by atoms with Gasteiger partial charge in [0.2, 0.25) is 5.75 Å². The van der Waals surface area contributed by atoms with Crippen LogP contribution in [0.1, 0.15) is 0 Å². The van der Waals surface area contributed by atoms with Crippen molar-refractivity contribution < 1.29 is 14.2 Å². The van der Waals surface area contributed by atoms with Crippen molar-refractivity contribution >= 4 is 5.69 Å². The van der Waals surface area contributed by atoms with Gasteiger partial charge in [0.1, 0.15) is 5.69 Å². The maximum absolute atomic E-state index is 10.3. The Hall–Kier alpha value is -1.78. The summed E-state index contributed by atoms with van der Waals surface area (Å²) in [5.41, 5.74) is 0.236. The van der Waals surface area contributed by atoms with Crippen LogP contribution in [-0.2, 0) is 0 Å². The van der Waals surface area contributed by atoms with Crippen LogP contribution in [0, 0.1) is 4.91 Å². The van der Waals surface area contributed by atoms with E-state index in [1.807, 2.05) is 0 Å². The maximum Gasteiger partial charge on any atom is 0.203 e. The number of hydrogen-bond donors (Lipinski definition) is 0. The van der Waals surface area contributed by atoms with E-state index >= 15 is 0 Å². The van der Waals surface area contributed by atoms with E-state index < -0.39 is 0 Å². The fourth-order valence-electron chi connectivity index (χ4n) is 1.12. The van der Waals surface area contributed by atoms with Crippen LogP contribution < -0.4 is 14.2 Å². The molecule has 0 amide bonds. The third kappa shape index (κ3) is 1.76. The van der Waals surface area contributed by atoms with E-state index in [2.05, 4.69) is 5.18 Å². The monoisotopic (exact) mass is 197 g/mol. The number of nitroso groups, excluding NO2 is 1. The average Bonchev–Trinajstić information content (AvgIpc) is 2.26. The molecule has 0 saturated heterocycles. The Balaban J connectivity index is 3.31. The highest BCUT2D eigenvalue weighted by Crippen LogP contribution is 2.40. The fourth-order valence-corrected chi connectivity index (χ4v) is 1.12. The molecule has 1 rings (SSSR count). The summed E-state index contributed by atoms with van der Waals surface area (Å²) in [4.78, 5) is 10.3. The van der Waals surface area contributed by atoms with Crippen LogP contribution in [-0.4, -0.2) is 21.3 Å². The van der Waals surface area contributed by atoms with Crippen LogP contribution in [0.15, 0.2) is 17.3 Å². The SMILES string of the molecule is COc1cc(N=O)cc(OC)c1OC. The van der Waals surface area contributed by atoms with Crippen LogP contribution in [0.2, 0.25) is 0 Å². The van der Waals surface area contributed by atoms with Gasteiger partial charge < -0.3 is 14.2 Å². The summed E-state index contributed by atoms with van der Waals surface area (Å²) >= 11 is 0. The van der Waals surface area contributed by atoms with Crippen LogP contribution in [0.25, 0.3) is 0 Å². The van der Waals surface area contributed by atoms with Gasteiger partial charge in [-0.05, 0) is 5.18 Å². The Morgan fingerprint density at radius 1 is 1.00 bits per heavy atom. The molecule has 0 heterocycles. The zero-order valence-electron chi connectivity index (χ0n) is 8.23. The third-order valence-electron chi connectivity index (χ3n) is 1.75. The molecule has 14 heavy (non-hydrogen) atoms. The predicted octanol–water partition coefficient (Wildman–Crippen LogP) is 2.11. The van der Waals surface area contributed by atoms with Gasteiger partial charge in [-0.2, -0.15) is 0 Å². The molecule has 0 N–H and O–H groups in total. The predicted molar refractivity (Wildman–Crippen MR) is 51.6 cm³/mol. The van der Waals surface area contributed by atoms with Gasteiger partial charge in [0.15, 0.2) is 11.5 Å². The Labute approximate surface area is 81.6 Å². The standard InChI is InChI=1S/C9H11NO4/c1-12-7-4-6(10-11)5-8(13-2)9(7)14-3/h4-5H,1-3H3. The fraction of sp³-hybridized carbons (Fsp3) is 0.333. The molecule has 0 aliphatic rings. The molecule has 1 aromatic carbocycles. The van der Waals surface area contributed by atoms with Gasteiger partial charge in [0.25, 0.3) is 0 Å². The van der Waals surface area contributed by atoms with Crippen LogP contribution in [0.5, 0.6) is 17.2 Å². The summed E-state index contributed by atoms with van der Waals surface area (Å²) in [6, 6.07) is 2.96. The molecule has 0 spiro atoms. The molecule has 0 aliphatic carbocycles. The summed E-state index contributed by atoms with van der Waals surface area (Å²) in [5, 5.41) is 2.80. The van der Waals surface area contributed by atoms with Gasteiger partial charge >= 0.3 is 0 Å². The first-order valence-electron chi connectivity index (χ1n) is 3.90. The smallest absolute Gasteiger partial charge is 0.203 e. The Morgan fingerprint density at radius 2 is 1.50 bits per heavy atom. The molecular weight excluding hydrogens is 186 g/mol. The van der Waals surface area contributed by atoms with Crippen LogP contribution in [0.4, 0.5) is 5.69 Å². The molecule has 0 aromatic heterocycles. The number of benzene rings is 1. The number of rotatable bonds is 4. The highest BCUT2D eigenvalue weighted by molar-refractivity contribution is 5.60. The van der Waals surface area contributed by atoms with E-state index in [0.29, 0.717) is 17.2 Å². The van der Waals surface area contributed by atoms with Crippen molar-refractivity contribution in [3.05, 3.63) is 17.0 Å². The molecule has 0 bridgehead atoms. The number of nitrogens with zero attached hydrogens (tertiary/aromatic N) is 1. The molecule has 1 aromatic rings. The number of hydrogen-bond acceptors (Lipinski definition) is 5. The summed E-state index contributed by atoms with van der Waals surface area (Å²) in [6.45, 7) is 0. The average molecular weight is 197 g/mol. The van der Waals surface area contributed by atoms with Gasteiger partial charge in [-0.3, -0.25) is 0 Å². The molecule has 5 heteroatoms. The summed E-state index contributed by atoms with van der Waals surface area (Å²) in [5.74, 6) is 1.28. The van der Waals surface area contributed by atoms with E-state index in [1.54, 1.807) is 0 Å². The first-order chi connectivity index (χ1) is 6.76. The molecule has 0 aliphatic heterocycles. The van der Waals surface area contributed by atoms with Crippen molar-refractivity contribution in [2.75, 3.05) is 21.3 Å². The third-order valence-corrected chi connectivity index (χ3v) is 1.75. The Morgan fingerprint density at radius 3 is 1.79 bits per heavy atom. The highest BCUT2D eigenvalue weighted by atomic mass is 16.5. The molecule has 0 fully saturated rings. The molecular formula is C9H11NO4. The van der Waals surface area contributed by atoms with Crippen molar-refractivity contribution in [1.29, 1.82) is 0 Å². The van der Waals surface area contributed by atoms with Crippen molar-refractivity contribution in [2.24, 2.45) is 5.18 Å². The first-order valence-corrected chi connectivity index (χ1v) is 3.90. The lowest BCUT2D eigenvalue weighted by Crippen LogP contribution is -1.94. The van der Waals surface area contributed by atoms with Crippen molar-refractivity contribution in [2.45, 2.75) is 0 Å². The lowest BCUT2D eigenvalue weighted by Gasteiger charge is -2.11. The lowest BCUT2D eigenvalue weighted by atomic mass is 10.2. The minimum absolute atomic E-state index is 0.236. The molecule has 5 nitrogen and oxygen atoms in total. The van der Waals surface area contributed by atoms with Crippen molar-refractivity contribution in [3.63, 3.8) is 0 Å². The van der Waals surface area contributed by atoms with E-state index in [1.165, 1.54) is 33.5 Å². The van der Waals surface area contributed by atoms with Crippen LogP contribution >= 0.6 is 0 Å². The zero-order chi connectivity index (χ0) is 10.6. The van der Waals surface area contributed by atoms with Gasteiger partial charge in [0.05, 0.1) is 21.3 Å². The minimum atomic E-state index is 0.236. The molecule has 76 valence electrons. The van der Waals surface area contributed by atoms with Crippen molar-refractivity contribution in [3.8, 4) is 17.2 Å². The second-order valence-corrected chi connectivity index (χ2v) is 2.47. The lowest BCUT2D eigenvalue weighted by molar-refractivity contribution is 0.324. The summed E-state index contributed by atoms with van der Waals surface area (Å²) < 4.78 is 15.1. The number of methoxy groups -OCH3 is 3. The Bertz CT molecular complexity index is 313. The second kappa shape index (κ2) is 4.45. The van der Waals surface area contributed by atoms with Gasteiger partial charge in [-0.25, -0.2) is 0 Å². The molecule has 0 unspecified atom stereocenters. The zero-order valence-corrected chi connectivity index (χ0v) is 8.23. The summed E-state index contributed by atoms with van der Waals surface area (Å²) in [7, 11) is 4.45. The molecule has 0 saturated carbocycles. The van der Waals surface area contributed by atoms with E-state index in [-0.39, 0.29) is 5.69 Å². The van der Waals surface area contributed by atoms with Crippen molar-refractivity contribution in [1.82, 2.24) is 0 Å². The highest BCUT2D eigenvalue weighted by Gasteiger charge is 2.12. The summed E-state index contributed by atoms with van der Waals surface area (Å²) in [6.07, 6.45) is 0. The van der Waals surface area contributed by atoms with Crippen LogP contribution in [0.3, 0.4) is 0 Å². The van der Waals surface area contributed by atoms with E-state index in [0.717, 1.165) is 0 Å². The number of ether oxygens (including phenoxy) is 3. The molecule has 0 atom stereocenters. The van der Waals surface area contributed by atoms with Gasteiger partial charge in [-0.1, -0.05) is 0 Å². The van der Waals surface area contributed by atoms with E-state index in [4.69, 9.17) is 14.2 Å². The largest absolute Gasteiger partial charge is 0.493 e. The van der Waals surface area contributed by atoms with E-state index in [9.17, 15) is 4.91 Å². The van der Waals surface area contributed by atoms with Gasteiger partial charge in [0, 0.05) is 12.1 Å². The second-order valence-electron chi connectivity index (χ2n) is 2.47. The topological polar surface area (TPSA) is 57.1 Å². The Kier molecular flexibility index (Phi) is 3.28. The quantitative estimate of drug-likeness (QED) is 0.693. The van der Waals surface area contributed by atoms with Gasteiger partial charge in [-0.15, -0.1) is 4.91 Å².